The van der Waals surface area contributed by atoms with Crippen molar-refractivity contribution in [1.82, 2.24) is 4.90 Å². The second-order valence-corrected chi connectivity index (χ2v) is 6.48. The van der Waals surface area contributed by atoms with Crippen molar-refractivity contribution in [2.45, 2.75) is 24.8 Å². The first-order valence-electron chi connectivity index (χ1n) is 8.58. The quantitative estimate of drug-likeness (QED) is 0.918. The first-order valence-corrected chi connectivity index (χ1v) is 8.58. The highest BCUT2D eigenvalue weighted by molar-refractivity contribution is 5.93. The first-order chi connectivity index (χ1) is 12.6. The second-order valence-electron chi connectivity index (χ2n) is 6.48. The molecule has 2 aliphatic rings. The summed E-state index contributed by atoms with van der Waals surface area (Å²) in [5.41, 5.74) is 1.44. The minimum atomic E-state index is -0.956. The summed E-state index contributed by atoms with van der Waals surface area (Å²) in [7, 11) is 1.55. The summed E-state index contributed by atoms with van der Waals surface area (Å²) < 4.78 is 11.4. The number of hydrogen-bond acceptors (Lipinski definition) is 4. The number of benzene rings is 2. The van der Waals surface area contributed by atoms with Gasteiger partial charge in [-0.3, -0.25) is 4.79 Å². The Kier molecular flexibility index (Phi) is 4.03. The summed E-state index contributed by atoms with van der Waals surface area (Å²) in [4.78, 5) is 26.4. The van der Waals surface area contributed by atoms with Crippen LogP contribution in [-0.4, -0.2) is 41.6 Å². The molecule has 1 amide bonds. The van der Waals surface area contributed by atoms with Gasteiger partial charge in [0.15, 0.2) is 11.5 Å². The normalized spacial score (nSPS) is 20.7. The highest BCUT2D eigenvalue weighted by atomic mass is 16.5. The standard InChI is InChI=1S/C20H19NO5/c1-25-16-10-4-7-13-17(12-6-2-3-9-15(12)26-18(13)16)19(22)21-11-5-8-14(21)20(23)24/h2-4,6-7,9-10,14,17H,5,8,11H2,1H3,(H,23,24)/t14-,17?/m0/s1. The molecule has 26 heavy (non-hydrogen) atoms. The average Bonchev–Trinajstić information content (AvgIpc) is 3.15. The number of carbonyl (C=O) groups is 2. The monoisotopic (exact) mass is 353 g/mol. The van der Waals surface area contributed by atoms with E-state index in [9.17, 15) is 14.7 Å². The molecule has 0 bridgehead atoms. The van der Waals surface area contributed by atoms with Gasteiger partial charge in [-0.15, -0.1) is 0 Å². The SMILES string of the molecule is COc1cccc2c1Oc1ccccc1C2C(=O)N1CCC[C@H]1C(=O)O. The van der Waals surface area contributed by atoms with Crippen LogP contribution in [0.2, 0.25) is 0 Å². The predicted octanol–water partition coefficient (Wildman–Crippen LogP) is 3.01. The Hall–Kier alpha value is -3.02. The van der Waals surface area contributed by atoms with Crippen molar-refractivity contribution < 1.29 is 24.2 Å². The van der Waals surface area contributed by atoms with Gasteiger partial charge in [0.05, 0.1) is 13.0 Å². The Morgan fingerprint density at radius 3 is 2.69 bits per heavy atom. The second kappa shape index (κ2) is 6.37. The van der Waals surface area contributed by atoms with E-state index in [4.69, 9.17) is 9.47 Å². The van der Waals surface area contributed by atoms with Crippen molar-refractivity contribution in [3.63, 3.8) is 0 Å². The highest BCUT2D eigenvalue weighted by Gasteiger charge is 2.41. The lowest BCUT2D eigenvalue weighted by Gasteiger charge is -2.32. The van der Waals surface area contributed by atoms with Crippen LogP contribution in [-0.2, 0) is 9.59 Å². The van der Waals surface area contributed by atoms with Crippen molar-refractivity contribution >= 4 is 11.9 Å². The van der Waals surface area contributed by atoms with Crippen molar-refractivity contribution in [3.8, 4) is 17.2 Å². The van der Waals surface area contributed by atoms with Crippen LogP contribution in [0.1, 0.15) is 29.9 Å². The van der Waals surface area contributed by atoms with Crippen LogP contribution in [0.5, 0.6) is 17.2 Å². The number of fused-ring (bicyclic) bond motifs is 2. The molecule has 1 saturated heterocycles. The predicted molar refractivity (Wildman–Crippen MR) is 93.7 cm³/mol. The molecule has 134 valence electrons. The molecule has 0 spiro atoms. The molecule has 2 atom stereocenters. The molecule has 6 nitrogen and oxygen atoms in total. The number of carboxylic acid groups (broad SMARTS) is 1. The Labute approximate surface area is 151 Å². The number of carbonyl (C=O) groups excluding carboxylic acids is 1. The van der Waals surface area contributed by atoms with Crippen LogP contribution in [0.25, 0.3) is 0 Å². The number of ether oxygens (including phenoxy) is 2. The molecule has 1 unspecified atom stereocenters. The Morgan fingerprint density at radius 1 is 1.15 bits per heavy atom. The highest BCUT2D eigenvalue weighted by Crippen LogP contribution is 2.49. The van der Waals surface area contributed by atoms with Crippen molar-refractivity contribution in [1.29, 1.82) is 0 Å². The fraction of sp³-hybridized carbons (Fsp3) is 0.300. The molecule has 1 N–H and O–H groups in total. The zero-order valence-electron chi connectivity index (χ0n) is 14.3. The summed E-state index contributed by atoms with van der Waals surface area (Å²) in [6.07, 6.45) is 1.18. The van der Waals surface area contributed by atoms with Gasteiger partial charge < -0.3 is 19.5 Å². The van der Waals surface area contributed by atoms with Crippen LogP contribution in [0.4, 0.5) is 0 Å². The summed E-state index contributed by atoms with van der Waals surface area (Å²) in [6.45, 7) is 0.453. The third kappa shape index (κ3) is 2.49. The van der Waals surface area contributed by atoms with Gasteiger partial charge in [0.25, 0.3) is 0 Å². The van der Waals surface area contributed by atoms with Crippen LogP contribution in [0.15, 0.2) is 42.5 Å². The van der Waals surface area contributed by atoms with Gasteiger partial charge in [0.2, 0.25) is 5.91 Å². The molecule has 0 radical (unpaired) electrons. The average molecular weight is 353 g/mol. The maximum Gasteiger partial charge on any atom is 0.326 e. The van der Waals surface area contributed by atoms with Crippen LogP contribution in [0, 0.1) is 0 Å². The molecule has 2 aliphatic heterocycles. The van der Waals surface area contributed by atoms with Crippen LogP contribution in [0.3, 0.4) is 0 Å². The van der Waals surface area contributed by atoms with Gasteiger partial charge in [-0.1, -0.05) is 30.3 Å². The van der Waals surface area contributed by atoms with Crippen molar-refractivity contribution in [3.05, 3.63) is 53.6 Å². The third-order valence-corrected chi connectivity index (χ3v) is 5.05. The van der Waals surface area contributed by atoms with E-state index in [1.54, 1.807) is 13.2 Å². The van der Waals surface area contributed by atoms with Crippen LogP contribution < -0.4 is 9.47 Å². The molecule has 2 aromatic carbocycles. The number of hydrogen-bond donors (Lipinski definition) is 1. The number of likely N-dealkylation sites (tertiary alicyclic amines) is 1. The Bertz CT molecular complexity index is 878. The van der Waals surface area contributed by atoms with E-state index in [0.29, 0.717) is 42.2 Å². The number of methoxy groups -OCH3 is 1. The summed E-state index contributed by atoms with van der Waals surface area (Å²) >= 11 is 0. The Morgan fingerprint density at radius 2 is 1.92 bits per heavy atom. The summed E-state index contributed by atoms with van der Waals surface area (Å²) in [5.74, 6) is -0.120. The zero-order chi connectivity index (χ0) is 18.3. The van der Waals surface area contributed by atoms with Gasteiger partial charge in [-0.2, -0.15) is 0 Å². The van der Waals surface area contributed by atoms with Crippen molar-refractivity contribution in [2.75, 3.05) is 13.7 Å². The van der Waals surface area contributed by atoms with E-state index in [-0.39, 0.29) is 5.91 Å². The molecule has 6 heteroatoms. The largest absolute Gasteiger partial charge is 0.493 e. The lowest BCUT2D eigenvalue weighted by Crippen LogP contribution is -2.43. The summed E-state index contributed by atoms with van der Waals surface area (Å²) in [6, 6.07) is 12.0. The number of carboxylic acids is 1. The molecule has 0 aliphatic carbocycles. The lowest BCUT2D eigenvalue weighted by molar-refractivity contribution is -0.148. The topological polar surface area (TPSA) is 76.1 Å². The molecular formula is C20H19NO5. The minimum absolute atomic E-state index is 0.208. The molecular weight excluding hydrogens is 334 g/mol. The summed E-state index contributed by atoms with van der Waals surface area (Å²) in [5, 5.41) is 9.47. The van der Waals surface area contributed by atoms with Gasteiger partial charge in [0.1, 0.15) is 11.8 Å². The number of amides is 1. The van der Waals surface area contributed by atoms with E-state index in [0.717, 1.165) is 5.56 Å². The number of rotatable bonds is 3. The zero-order valence-corrected chi connectivity index (χ0v) is 14.3. The van der Waals surface area contributed by atoms with Crippen molar-refractivity contribution in [2.24, 2.45) is 0 Å². The Balaban J connectivity index is 1.83. The molecule has 2 heterocycles. The van der Waals surface area contributed by atoms with E-state index in [1.165, 1.54) is 4.90 Å². The van der Waals surface area contributed by atoms with Gasteiger partial charge in [-0.25, -0.2) is 4.79 Å². The number of aliphatic carboxylic acids is 1. The van der Waals surface area contributed by atoms with Gasteiger partial charge >= 0.3 is 5.97 Å². The minimum Gasteiger partial charge on any atom is -0.493 e. The van der Waals surface area contributed by atoms with E-state index >= 15 is 0 Å². The number of para-hydroxylation sites is 2. The third-order valence-electron chi connectivity index (χ3n) is 5.05. The molecule has 0 aromatic heterocycles. The molecule has 1 fully saturated rings. The maximum atomic E-state index is 13.4. The fourth-order valence-electron chi connectivity index (χ4n) is 3.84. The van der Waals surface area contributed by atoms with E-state index < -0.39 is 17.9 Å². The van der Waals surface area contributed by atoms with E-state index in [1.807, 2.05) is 36.4 Å². The van der Waals surface area contributed by atoms with E-state index in [2.05, 4.69) is 0 Å². The lowest BCUT2D eigenvalue weighted by atomic mass is 9.86. The fourth-order valence-corrected chi connectivity index (χ4v) is 3.84. The smallest absolute Gasteiger partial charge is 0.326 e. The number of nitrogens with zero attached hydrogens (tertiary/aromatic N) is 1. The first kappa shape index (κ1) is 16.4. The van der Waals surface area contributed by atoms with Gasteiger partial charge in [-0.05, 0) is 25.0 Å². The molecule has 0 saturated carbocycles. The molecule has 2 aromatic rings. The molecule has 4 rings (SSSR count). The van der Waals surface area contributed by atoms with Crippen LogP contribution >= 0.6 is 0 Å². The maximum absolute atomic E-state index is 13.4. The van der Waals surface area contributed by atoms with Gasteiger partial charge in [0, 0.05) is 17.7 Å².